The molecule has 2 heterocycles. The van der Waals surface area contributed by atoms with Crippen molar-refractivity contribution in [1.29, 1.82) is 0 Å². The fourth-order valence-corrected chi connectivity index (χ4v) is 3.53. The third-order valence-electron chi connectivity index (χ3n) is 5.56. The summed E-state index contributed by atoms with van der Waals surface area (Å²) in [4.78, 5) is 0. The van der Waals surface area contributed by atoms with Crippen molar-refractivity contribution in [2.24, 2.45) is 0 Å². The molecule has 5 rings (SSSR count). The Balaban J connectivity index is 1.16. The lowest BCUT2D eigenvalue weighted by Crippen LogP contribution is -1.92. The molecule has 0 N–H and O–H groups in total. The largest absolute Gasteiger partial charge is 0.373 e. The molecule has 2 aliphatic rings. The lowest BCUT2D eigenvalue weighted by atomic mass is 10.1. The maximum absolute atomic E-state index is 5.30. The number of benzene rings is 3. The Morgan fingerprint density at radius 3 is 1.03 bits per heavy atom. The van der Waals surface area contributed by atoms with E-state index in [9.17, 15) is 0 Å². The van der Waals surface area contributed by atoms with Crippen molar-refractivity contribution >= 4 is 24.3 Å². The minimum atomic E-state index is 0.445. The Labute approximate surface area is 178 Å². The second kappa shape index (κ2) is 8.83. The first-order chi connectivity index (χ1) is 14.8. The van der Waals surface area contributed by atoms with Crippen LogP contribution in [0, 0.1) is 0 Å². The van der Waals surface area contributed by atoms with E-state index >= 15 is 0 Å². The lowest BCUT2D eigenvalue weighted by Gasteiger charge is -2.00. The van der Waals surface area contributed by atoms with Gasteiger partial charge in [0.1, 0.15) is 0 Å². The van der Waals surface area contributed by atoms with Gasteiger partial charge < -0.3 is 9.47 Å². The Hall–Kier alpha value is -2.94. The first-order valence-corrected chi connectivity index (χ1v) is 10.7. The van der Waals surface area contributed by atoms with Crippen molar-refractivity contribution in [2.45, 2.75) is 25.0 Å². The summed E-state index contributed by atoms with van der Waals surface area (Å²) < 4.78 is 10.6. The molecule has 0 amide bonds. The van der Waals surface area contributed by atoms with Gasteiger partial charge in [0.15, 0.2) is 0 Å². The lowest BCUT2D eigenvalue weighted by molar-refractivity contribution is 0.407. The van der Waals surface area contributed by atoms with E-state index in [1.807, 2.05) is 0 Å². The molecule has 0 radical (unpaired) electrons. The number of hydrogen-bond donors (Lipinski definition) is 0. The van der Waals surface area contributed by atoms with Crippen LogP contribution >= 0.6 is 0 Å². The summed E-state index contributed by atoms with van der Waals surface area (Å²) in [5.41, 5.74) is 7.53. The first kappa shape index (κ1) is 19.0. The number of hydrogen-bond acceptors (Lipinski definition) is 2. The Morgan fingerprint density at radius 1 is 0.500 bits per heavy atom. The van der Waals surface area contributed by atoms with Gasteiger partial charge >= 0.3 is 0 Å². The molecule has 0 saturated carbocycles. The van der Waals surface area contributed by atoms with E-state index in [0.29, 0.717) is 12.2 Å². The summed E-state index contributed by atoms with van der Waals surface area (Å²) in [7, 11) is 0. The van der Waals surface area contributed by atoms with Crippen molar-refractivity contribution < 1.29 is 9.47 Å². The standard InChI is InChI=1S/C28H26O2/c1-2-22(6-8-24-11-15-26(16-12-24)18-28-20-30-28)4-3-21(1)5-7-23-9-13-25(14-10-23)17-27-19-29-27/h1-16,27-28H,17-20H2/b7-5+,8-6+. The highest BCUT2D eigenvalue weighted by Crippen LogP contribution is 2.19. The molecular formula is C28H26O2. The molecule has 3 aromatic rings. The summed E-state index contributed by atoms with van der Waals surface area (Å²) >= 11 is 0. The zero-order valence-corrected chi connectivity index (χ0v) is 17.0. The zero-order valence-electron chi connectivity index (χ0n) is 17.0. The van der Waals surface area contributed by atoms with Crippen molar-refractivity contribution in [2.75, 3.05) is 13.2 Å². The van der Waals surface area contributed by atoms with E-state index < -0.39 is 0 Å². The molecule has 150 valence electrons. The van der Waals surface area contributed by atoms with Gasteiger partial charge in [-0.2, -0.15) is 0 Å². The molecule has 0 spiro atoms. The van der Waals surface area contributed by atoms with E-state index in [4.69, 9.17) is 9.47 Å². The summed E-state index contributed by atoms with van der Waals surface area (Å²) in [5.74, 6) is 0. The van der Waals surface area contributed by atoms with Gasteiger partial charge in [0.2, 0.25) is 0 Å². The average Bonchev–Trinajstić information content (AvgIpc) is 3.71. The predicted octanol–water partition coefficient (Wildman–Crippen LogP) is 5.91. The van der Waals surface area contributed by atoms with Gasteiger partial charge in [-0.05, 0) is 33.4 Å². The highest BCUT2D eigenvalue weighted by atomic mass is 16.6. The van der Waals surface area contributed by atoms with Crippen LogP contribution in [0.2, 0.25) is 0 Å². The molecule has 2 unspecified atom stereocenters. The summed E-state index contributed by atoms with van der Waals surface area (Å²) in [6.45, 7) is 1.82. The monoisotopic (exact) mass is 394 g/mol. The van der Waals surface area contributed by atoms with Crippen LogP contribution in [0.1, 0.15) is 33.4 Å². The zero-order chi connectivity index (χ0) is 20.2. The van der Waals surface area contributed by atoms with Crippen LogP contribution in [0.5, 0.6) is 0 Å². The van der Waals surface area contributed by atoms with Crippen LogP contribution in [0.15, 0.2) is 72.8 Å². The van der Waals surface area contributed by atoms with Gasteiger partial charge in [0.05, 0.1) is 25.4 Å². The molecule has 2 nitrogen and oxygen atoms in total. The second-order valence-electron chi connectivity index (χ2n) is 8.14. The molecule has 3 aromatic carbocycles. The highest BCUT2D eigenvalue weighted by Gasteiger charge is 2.22. The quantitative estimate of drug-likeness (QED) is 0.350. The summed E-state index contributed by atoms with van der Waals surface area (Å²) in [6.07, 6.45) is 11.6. The molecule has 30 heavy (non-hydrogen) atoms. The molecule has 2 aliphatic heterocycles. The van der Waals surface area contributed by atoms with E-state index in [1.165, 1.54) is 33.4 Å². The van der Waals surface area contributed by atoms with E-state index in [-0.39, 0.29) is 0 Å². The van der Waals surface area contributed by atoms with Crippen LogP contribution in [-0.2, 0) is 22.3 Å². The van der Waals surface area contributed by atoms with E-state index in [1.54, 1.807) is 0 Å². The maximum Gasteiger partial charge on any atom is 0.0850 e. The molecule has 0 aromatic heterocycles. The summed E-state index contributed by atoms with van der Waals surface area (Å²) in [6, 6.07) is 26.1. The second-order valence-corrected chi connectivity index (χ2v) is 8.14. The highest BCUT2D eigenvalue weighted by molar-refractivity contribution is 5.73. The molecule has 0 aliphatic carbocycles. The number of epoxide rings is 2. The van der Waals surface area contributed by atoms with Crippen LogP contribution in [-0.4, -0.2) is 25.4 Å². The van der Waals surface area contributed by atoms with Crippen molar-refractivity contribution in [3.63, 3.8) is 0 Å². The van der Waals surface area contributed by atoms with Gasteiger partial charge in [-0.25, -0.2) is 0 Å². The van der Waals surface area contributed by atoms with Gasteiger partial charge in [-0.15, -0.1) is 0 Å². The van der Waals surface area contributed by atoms with E-state index in [2.05, 4.69) is 97.1 Å². The van der Waals surface area contributed by atoms with Crippen molar-refractivity contribution in [1.82, 2.24) is 0 Å². The third kappa shape index (κ3) is 5.56. The number of rotatable bonds is 8. The van der Waals surface area contributed by atoms with Crippen LogP contribution in [0.4, 0.5) is 0 Å². The molecule has 0 bridgehead atoms. The minimum absolute atomic E-state index is 0.445. The van der Waals surface area contributed by atoms with Crippen LogP contribution in [0.3, 0.4) is 0 Å². The van der Waals surface area contributed by atoms with Crippen LogP contribution in [0.25, 0.3) is 24.3 Å². The molecular weight excluding hydrogens is 368 g/mol. The SMILES string of the molecule is C(=C\c1ccc(CC2CO2)cc1)/c1ccc(/C=C/c2ccc(CC3CO3)cc2)cc1. The van der Waals surface area contributed by atoms with Crippen molar-refractivity contribution in [3.8, 4) is 0 Å². The van der Waals surface area contributed by atoms with Gasteiger partial charge in [0, 0.05) is 12.8 Å². The fourth-order valence-electron chi connectivity index (χ4n) is 3.53. The average molecular weight is 395 g/mol. The smallest absolute Gasteiger partial charge is 0.0850 e. The molecule has 2 fully saturated rings. The Bertz CT molecular complexity index is 933. The van der Waals surface area contributed by atoms with Crippen molar-refractivity contribution in [3.05, 3.63) is 106 Å². The summed E-state index contributed by atoms with van der Waals surface area (Å²) in [5, 5.41) is 0. The number of ether oxygens (including phenoxy) is 2. The van der Waals surface area contributed by atoms with Gasteiger partial charge in [-0.1, -0.05) is 97.1 Å². The normalized spacial score (nSPS) is 20.1. The Morgan fingerprint density at radius 2 is 0.767 bits per heavy atom. The topological polar surface area (TPSA) is 25.1 Å². The minimum Gasteiger partial charge on any atom is -0.373 e. The molecule has 2 atom stereocenters. The molecule has 2 heteroatoms. The molecule has 2 saturated heterocycles. The maximum atomic E-state index is 5.30. The van der Waals surface area contributed by atoms with Gasteiger partial charge in [-0.3, -0.25) is 0 Å². The van der Waals surface area contributed by atoms with Gasteiger partial charge in [0.25, 0.3) is 0 Å². The van der Waals surface area contributed by atoms with E-state index in [0.717, 1.165) is 26.1 Å². The predicted molar refractivity (Wildman–Crippen MR) is 124 cm³/mol. The first-order valence-electron chi connectivity index (χ1n) is 10.7. The fraction of sp³-hybridized carbons (Fsp3) is 0.214. The third-order valence-corrected chi connectivity index (χ3v) is 5.56. The Kier molecular flexibility index (Phi) is 5.60. The van der Waals surface area contributed by atoms with Crippen LogP contribution < -0.4 is 0 Å².